The van der Waals surface area contributed by atoms with E-state index in [0.29, 0.717) is 6.54 Å². The van der Waals surface area contributed by atoms with Crippen LogP contribution in [-0.4, -0.2) is 54.4 Å². The largest absolute Gasteiger partial charge is 0.357 e. The van der Waals surface area contributed by atoms with E-state index in [1.165, 1.54) is 37.7 Å². The Morgan fingerprint density at radius 1 is 1.38 bits per heavy atom. The topological polar surface area (TPSA) is 57.5 Å². The van der Waals surface area contributed by atoms with Gasteiger partial charge in [0.15, 0.2) is 5.96 Å². The average molecular weight is 363 g/mol. The SMILES string of the molecule is CCNC(=NCC(c1cnn(C)c1)N(C)C)NCCC1CCCC(C)C1. The van der Waals surface area contributed by atoms with Crippen LogP contribution in [0, 0.1) is 11.8 Å². The second-order valence-corrected chi connectivity index (χ2v) is 8.00. The number of nitrogens with one attached hydrogen (secondary N) is 2. The van der Waals surface area contributed by atoms with E-state index < -0.39 is 0 Å². The lowest BCUT2D eigenvalue weighted by Gasteiger charge is -2.27. The molecule has 1 saturated carbocycles. The summed E-state index contributed by atoms with van der Waals surface area (Å²) in [5.74, 6) is 2.70. The highest BCUT2D eigenvalue weighted by atomic mass is 15.2. The fourth-order valence-corrected chi connectivity index (χ4v) is 3.92. The second kappa shape index (κ2) is 10.6. The molecule has 2 rings (SSSR count). The molecule has 2 N–H and O–H groups in total. The van der Waals surface area contributed by atoms with E-state index in [1.807, 2.05) is 17.9 Å². The molecule has 0 radical (unpaired) electrons. The standard InChI is InChI=1S/C20H38N6/c1-6-21-20(22-11-10-17-9-7-8-16(2)12-17)23-14-19(25(3)4)18-13-24-26(5)15-18/h13,15-17,19H,6-12,14H2,1-5H3,(H2,21,22,23). The maximum absolute atomic E-state index is 4.83. The molecule has 148 valence electrons. The molecule has 0 bridgehead atoms. The molecule has 1 aromatic heterocycles. The van der Waals surface area contributed by atoms with E-state index in [1.54, 1.807) is 0 Å². The molecule has 0 spiro atoms. The minimum absolute atomic E-state index is 0.235. The van der Waals surface area contributed by atoms with Crippen molar-refractivity contribution in [1.29, 1.82) is 0 Å². The Morgan fingerprint density at radius 3 is 2.81 bits per heavy atom. The van der Waals surface area contributed by atoms with Crippen molar-refractivity contribution in [3.05, 3.63) is 18.0 Å². The van der Waals surface area contributed by atoms with Gasteiger partial charge in [0.05, 0.1) is 18.8 Å². The molecule has 1 aromatic rings. The number of hydrogen-bond donors (Lipinski definition) is 2. The lowest BCUT2D eigenvalue weighted by Crippen LogP contribution is -2.39. The van der Waals surface area contributed by atoms with Gasteiger partial charge in [-0.15, -0.1) is 0 Å². The molecule has 1 fully saturated rings. The predicted octanol–water partition coefficient (Wildman–Crippen LogP) is 2.79. The first-order valence-corrected chi connectivity index (χ1v) is 10.2. The summed E-state index contributed by atoms with van der Waals surface area (Å²) in [6, 6.07) is 0.235. The number of aromatic nitrogens is 2. The lowest BCUT2D eigenvalue weighted by atomic mass is 9.81. The van der Waals surface area contributed by atoms with Crippen LogP contribution in [0.1, 0.15) is 57.6 Å². The average Bonchev–Trinajstić information content (AvgIpc) is 3.01. The highest BCUT2D eigenvalue weighted by Crippen LogP contribution is 2.30. The number of aliphatic imine (C=N–C) groups is 1. The van der Waals surface area contributed by atoms with Gasteiger partial charge >= 0.3 is 0 Å². The third-order valence-electron chi connectivity index (χ3n) is 5.39. The number of aryl methyl sites for hydroxylation is 1. The highest BCUT2D eigenvalue weighted by Gasteiger charge is 2.19. The molecule has 1 heterocycles. The van der Waals surface area contributed by atoms with Gasteiger partial charge in [0.1, 0.15) is 0 Å². The van der Waals surface area contributed by atoms with Crippen molar-refractivity contribution in [2.45, 2.75) is 52.0 Å². The molecule has 0 amide bonds. The molecular weight excluding hydrogens is 324 g/mol. The van der Waals surface area contributed by atoms with Crippen molar-refractivity contribution in [3.8, 4) is 0 Å². The molecule has 3 atom stereocenters. The van der Waals surface area contributed by atoms with E-state index in [2.05, 4.69) is 54.8 Å². The van der Waals surface area contributed by atoms with Crippen molar-refractivity contribution >= 4 is 5.96 Å². The summed E-state index contributed by atoms with van der Waals surface area (Å²) >= 11 is 0. The predicted molar refractivity (Wildman–Crippen MR) is 109 cm³/mol. The van der Waals surface area contributed by atoms with Crippen LogP contribution in [-0.2, 0) is 7.05 Å². The monoisotopic (exact) mass is 362 g/mol. The van der Waals surface area contributed by atoms with Gasteiger partial charge in [-0.1, -0.05) is 26.2 Å². The molecule has 3 unspecified atom stereocenters. The highest BCUT2D eigenvalue weighted by molar-refractivity contribution is 5.79. The summed E-state index contributed by atoms with van der Waals surface area (Å²) in [4.78, 5) is 7.04. The number of likely N-dealkylation sites (N-methyl/N-ethyl adjacent to an activating group) is 1. The molecule has 1 aliphatic carbocycles. The van der Waals surface area contributed by atoms with Gasteiger partial charge in [-0.05, 0) is 45.7 Å². The van der Waals surface area contributed by atoms with Crippen LogP contribution in [0.25, 0.3) is 0 Å². The number of rotatable bonds is 8. The first-order valence-electron chi connectivity index (χ1n) is 10.2. The van der Waals surface area contributed by atoms with Gasteiger partial charge in [-0.2, -0.15) is 5.10 Å². The first-order chi connectivity index (χ1) is 12.5. The molecule has 6 nitrogen and oxygen atoms in total. The molecule has 6 heteroatoms. The van der Waals surface area contributed by atoms with Crippen molar-refractivity contribution < 1.29 is 0 Å². The van der Waals surface area contributed by atoms with Crippen molar-refractivity contribution in [2.75, 3.05) is 33.7 Å². The number of hydrogen-bond acceptors (Lipinski definition) is 3. The van der Waals surface area contributed by atoms with Gasteiger partial charge in [-0.25, -0.2) is 0 Å². The fourth-order valence-electron chi connectivity index (χ4n) is 3.92. The Balaban J connectivity index is 1.87. The van der Waals surface area contributed by atoms with Crippen LogP contribution in [0.3, 0.4) is 0 Å². The van der Waals surface area contributed by atoms with E-state index >= 15 is 0 Å². The van der Waals surface area contributed by atoms with Gasteiger partial charge in [0.2, 0.25) is 0 Å². The van der Waals surface area contributed by atoms with E-state index in [4.69, 9.17) is 4.99 Å². The Morgan fingerprint density at radius 2 is 2.19 bits per heavy atom. The van der Waals surface area contributed by atoms with Gasteiger partial charge < -0.3 is 15.5 Å². The molecule has 26 heavy (non-hydrogen) atoms. The molecule has 0 aromatic carbocycles. The quantitative estimate of drug-likeness (QED) is 0.551. The van der Waals surface area contributed by atoms with E-state index in [9.17, 15) is 0 Å². The van der Waals surface area contributed by atoms with Gasteiger partial charge in [0, 0.05) is 31.9 Å². The summed E-state index contributed by atoms with van der Waals surface area (Å²) in [6.07, 6.45) is 10.8. The summed E-state index contributed by atoms with van der Waals surface area (Å²) in [5, 5.41) is 11.2. The zero-order valence-electron chi connectivity index (χ0n) is 17.3. The minimum Gasteiger partial charge on any atom is -0.357 e. The van der Waals surface area contributed by atoms with Crippen LogP contribution in [0.5, 0.6) is 0 Å². The zero-order valence-corrected chi connectivity index (χ0v) is 17.3. The Hall–Kier alpha value is -1.56. The maximum atomic E-state index is 4.83. The third kappa shape index (κ3) is 6.63. The smallest absolute Gasteiger partial charge is 0.191 e. The Kier molecular flexibility index (Phi) is 8.42. The molecular formula is C20H38N6. The Bertz CT molecular complexity index is 550. The van der Waals surface area contributed by atoms with Crippen LogP contribution in [0.4, 0.5) is 0 Å². The van der Waals surface area contributed by atoms with Gasteiger partial charge in [0.25, 0.3) is 0 Å². The molecule has 0 saturated heterocycles. The van der Waals surface area contributed by atoms with Gasteiger partial charge in [-0.3, -0.25) is 9.67 Å². The summed E-state index contributed by atoms with van der Waals surface area (Å²) in [6.45, 7) is 7.11. The van der Waals surface area contributed by atoms with Crippen LogP contribution in [0.2, 0.25) is 0 Å². The summed E-state index contributed by atoms with van der Waals surface area (Å²) in [5.41, 5.74) is 1.20. The molecule has 0 aliphatic heterocycles. The van der Waals surface area contributed by atoms with E-state index in [-0.39, 0.29) is 6.04 Å². The van der Waals surface area contributed by atoms with Crippen LogP contribution >= 0.6 is 0 Å². The lowest BCUT2D eigenvalue weighted by molar-refractivity contribution is 0.270. The second-order valence-electron chi connectivity index (χ2n) is 8.00. The fraction of sp³-hybridized carbons (Fsp3) is 0.800. The van der Waals surface area contributed by atoms with E-state index in [0.717, 1.165) is 30.9 Å². The first kappa shape index (κ1) is 20.7. The van der Waals surface area contributed by atoms with Crippen molar-refractivity contribution in [1.82, 2.24) is 25.3 Å². The number of guanidine groups is 1. The maximum Gasteiger partial charge on any atom is 0.191 e. The Labute approximate surface area is 159 Å². The third-order valence-corrected chi connectivity index (χ3v) is 5.39. The minimum atomic E-state index is 0.235. The van der Waals surface area contributed by atoms with Crippen molar-refractivity contribution in [2.24, 2.45) is 23.9 Å². The normalized spacial score (nSPS) is 22.5. The molecule has 1 aliphatic rings. The number of nitrogens with zero attached hydrogens (tertiary/aromatic N) is 4. The van der Waals surface area contributed by atoms with Crippen molar-refractivity contribution in [3.63, 3.8) is 0 Å². The van der Waals surface area contributed by atoms with Crippen LogP contribution in [0.15, 0.2) is 17.4 Å². The summed E-state index contributed by atoms with van der Waals surface area (Å²) in [7, 11) is 6.15. The zero-order chi connectivity index (χ0) is 18.9. The van der Waals surface area contributed by atoms with Crippen LogP contribution < -0.4 is 10.6 Å². The summed E-state index contributed by atoms with van der Waals surface area (Å²) < 4.78 is 1.85.